The number of aromatic amines is 1. The number of nitrogens with two attached hydrogens (primary N) is 3. The maximum absolute atomic E-state index is 15.6. The van der Waals surface area contributed by atoms with Crippen molar-refractivity contribution in [2.75, 3.05) is 96.3 Å². The van der Waals surface area contributed by atoms with Crippen LogP contribution in [0.3, 0.4) is 0 Å². The van der Waals surface area contributed by atoms with E-state index in [-0.39, 0.29) is 124 Å². The standard InChI is InChI=1S/C99H141N23O21S/c1-14-15-27-77-92(134)112-71(38-53(2)3)89(131)117-76(88(130)109-48-81(102)126)51-144-52-83(127)107-46-61(40-58-30-32-63(123)33-31-58)95(137)118(11)56(7)86(128)114-74(44-80(101)125)97(139)120-37-20-28-78(120)93(135)116-75(47-106-82-49-105-67-25-16-17-26-68(67)110-82)91(133)115-73(39-54(4)5)98(140)121-50-64(124)43-79(121)94(136)113-72(90(132)111-69(35-36-100)87(129)104-10)42-60-45-108-84-65(60)23-19-24-66(84)85(99(141)142)122(57(8)143-13)62-22-18-21-59(41-62)55(6)29-34-70(103-9)96(138)119(77)12/h16-19,21-26,30-33,41,45,49,53-57,61,64,69-79,85,103,108,123-124H,14-15,20,27-29,34-40,42-44,46-48,50-52,100H2,1-13H3,(H2,101,125)(H2,102,126)(H,104,129)(H,106,110)(H,107,127)(H,109,130)(H,111,132)(H,112,134)(H,113,136)(H,114,128)(H,115,133)(H,116,135)(H,117,131)(H,141,142)/t55?,56-,57?,61+,64+,69-,70-,71-,72-,73-,74-,75-,76-,77-,78-,79-,85?/m0/s1. The number of H-pyrrole nitrogens is 1. The van der Waals surface area contributed by atoms with E-state index in [4.69, 9.17) is 21.9 Å². The minimum atomic E-state index is -1.78. The normalized spacial score (nSPS) is 24.3. The summed E-state index contributed by atoms with van der Waals surface area (Å²) < 4.78 is 5.97. The van der Waals surface area contributed by atoms with Gasteiger partial charge >= 0.3 is 5.97 Å². The van der Waals surface area contributed by atoms with Crippen molar-refractivity contribution in [1.29, 1.82) is 0 Å². The smallest absolute Gasteiger partial charge is 0.331 e. The number of carbonyl (C=O) groups excluding carboxylic acids is 16. The number of unbranched alkanes of at least 4 members (excludes halogenated alkanes) is 1. The highest BCUT2D eigenvalue weighted by Gasteiger charge is 2.47. The molecule has 2 aromatic heterocycles. The van der Waals surface area contributed by atoms with E-state index in [0.29, 0.717) is 58.0 Å². The number of thioether (sulfide) groups is 1. The molecular weight excluding hydrogens is 1880 g/mol. The first-order valence-corrected chi connectivity index (χ1v) is 49.8. The number of aromatic nitrogens is 3. The van der Waals surface area contributed by atoms with Crippen molar-refractivity contribution >= 4 is 146 Å². The van der Waals surface area contributed by atoms with Crippen molar-refractivity contribution in [2.45, 2.75) is 242 Å². The zero-order valence-corrected chi connectivity index (χ0v) is 84.6. The van der Waals surface area contributed by atoms with Gasteiger partial charge in [0.25, 0.3) is 0 Å². The summed E-state index contributed by atoms with van der Waals surface area (Å²) in [7, 11) is 7.16. The minimum absolute atomic E-state index is 0.0308. The number of hydrogen-bond acceptors (Lipinski definition) is 27. The summed E-state index contributed by atoms with van der Waals surface area (Å²) >= 11 is 0.874. The van der Waals surface area contributed by atoms with Crippen LogP contribution in [-0.4, -0.2) is 321 Å². The summed E-state index contributed by atoms with van der Waals surface area (Å²) in [5.74, 6) is -17.5. The van der Waals surface area contributed by atoms with Crippen LogP contribution in [0.5, 0.6) is 5.75 Å². The Morgan fingerprint density at radius 2 is 1.34 bits per heavy atom. The molecule has 2 saturated heterocycles. The summed E-state index contributed by atoms with van der Waals surface area (Å²) in [4.78, 5) is 265. The highest BCUT2D eigenvalue weighted by molar-refractivity contribution is 8.00. The number of nitrogens with zero attached hydrogens (tertiary/aromatic N) is 7. The third-order valence-corrected chi connectivity index (χ3v) is 27.2. The number of aliphatic hydroxyl groups excluding tert-OH is 1. The molecule has 0 aliphatic carbocycles. The van der Waals surface area contributed by atoms with E-state index in [1.807, 2.05) is 26.0 Å². The molecule has 3 aliphatic heterocycles. The zero-order valence-electron chi connectivity index (χ0n) is 83.8. The fraction of sp³-hybridized carbons (Fsp3) is 0.545. The number of fused-ring (bicyclic) bond motifs is 5. The van der Waals surface area contributed by atoms with Gasteiger partial charge in [0.1, 0.15) is 84.3 Å². The number of phenols is 1. The maximum atomic E-state index is 15.6. The molecular formula is C99H141N23O21S. The van der Waals surface area contributed by atoms with Crippen LogP contribution in [0.25, 0.3) is 21.9 Å². The fourth-order valence-electron chi connectivity index (χ4n) is 18.1. The maximum Gasteiger partial charge on any atom is 0.331 e. The van der Waals surface area contributed by atoms with Gasteiger partial charge in [-0.3, -0.25) is 81.7 Å². The number of aliphatic carboxylic acids is 1. The van der Waals surface area contributed by atoms with E-state index in [0.717, 1.165) is 32.0 Å². The molecule has 16 amide bonds. The van der Waals surface area contributed by atoms with Crippen LogP contribution in [0.1, 0.15) is 167 Å². The Labute approximate surface area is 840 Å². The summed E-state index contributed by atoms with van der Waals surface area (Å²) in [5, 5.41) is 66.8. The van der Waals surface area contributed by atoms with Gasteiger partial charge in [0.15, 0.2) is 6.04 Å². The molecule has 45 heteroatoms. The number of para-hydroxylation sites is 3. The Bertz CT molecular complexity index is 5540. The number of anilines is 2. The molecule has 22 N–H and O–H groups in total. The molecule has 0 radical (unpaired) electrons. The first-order chi connectivity index (χ1) is 68.5. The Morgan fingerprint density at radius 1 is 0.688 bits per heavy atom. The van der Waals surface area contributed by atoms with Crippen molar-refractivity contribution in [1.82, 2.24) is 93.0 Å². The van der Waals surface area contributed by atoms with Crippen LogP contribution in [0, 0.1) is 17.8 Å². The van der Waals surface area contributed by atoms with Gasteiger partial charge in [-0.1, -0.05) is 109 Å². The summed E-state index contributed by atoms with van der Waals surface area (Å²) in [6.45, 7) is 11.8. The Kier molecular flexibility index (Phi) is 42.8. The van der Waals surface area contributed by atoms with Gasteiger partial charge in [-0.2, -0.15) is 0 Å². The van der Waals surface area contributed by atoms with Gasteiger partial charge in [-0.05, 0) is 156 Å². The molecule has 5 heterocycles. The first-order valence-electron chi connectivity index (χ1n) is 48.7. The summed E-state index contributed by atoms with van der Waals surface area (Å²) in [6.07, 6.45) is 0.793. The van der Waals surface area contributed by atoms with Crippen LogP contribution in [-0.2, 0) is 99.1 Å². The van der Waals surface area contributed by atoms with Crippen molar-refractivity contribution in [3.05, 3.63) is 126 Å². The molecule has 9 rings (SSSR count). The third-order valence-electron chi connectivity index (χ3n) is 26.1. The van der Waals surface area contributed by atoms with Crippen LogP contribution in [0.15, 0.2) is 103 Å². The molecule has 44 nitrogen and oxygen atoms in total. The van der Waals surface area contributed by atoms with E-state index < -0.39 is 229 Å². The van der Waals surface area contributed by atoms with Crippen molar-refractivity contribution < 1.29 is 102 Å². The molecule has 2 fully saturated rings. The molecule has 6 bridgehead atoms. The van der Waals surface area contributed by atoms with E-state index >= 15 is 28.8 Å². The average Bonchev–Trinajstić information content (AvgIpc) is 1.52. The van der Waals surface area contributed by atoms with E-state index in [2.05, 4.69) is 78.8 Å². The highest BCUT2D eigenvalue weighted by Crippen LogP contribution is 2.38. The number of carbonyl (C=O) groups is 17. The topological polar surface area (TPSA) is 640 Å². The largest absolute Gasteiger partial charge is 0.508 e. The second kappa shape index (κ2) is 54.2. The number of rotatable bonds is 26. The van der Waals surface area contributed by atoms with Crippen molar-refractivity contribution in [3.63, 3.8) is 0 Å². The highest BCUT2D eigenvalue weighted by atomic mass is 32.2. The monoisotopic (exact) mass is 2020 g/mol. The van der Waals surface area contributed by atoms with Crippen LogP contribution >= 0.6 is 11.8 Å². The molecule has 17 atom stereocenters. The molecule has 0 saturated carbocycles. The number of phenolic OH excluding ortho intramolecular Hbond substituents is 1. The number of hydrogen-bond donors (Lipinski definition) is 19. The van der Waals surface area contributed by atoms with Crippen LogP contribution < -0.4 is 85.9 Å². The Hall–Kier alpha value is -13.7. The van der Waals surface area contributed by atoms with E-state index in [9.17, 15) is 68.1 Å². The number of ether oxygens (including phenoxy) is 1. The SMILES string of the molecule is CCCC[C@H]1C(=O)N[C@@H](CC(C)C)C(=O)N[C@H](C(=O)NCC(N)=O)CSCC(=O)NC[C@@H](Cc2ccc(O)cc2)C(=O)N(C)[C@@H](C)C(=O)N[C@@H](CC(N)=O)C(=O)N2CCC[C@H]2C(=O)N[C@@H](CNc2cnc3ccccc3n2)C(=O)N[C@@H](CC(C)C)C(=O)N2C[C@H](O)C[C@H]2C(=O)N[C@H](C(=O)N[C@@H](CCN)C(=O)NC)Cc2c[nH]c3c(cccc23)C(C(=O)O)N(C(C)OC)c2cccc(c2)C(C)CC[C@H](NC)C(=O)N1C. The number of carboxylic acid groups (broad SMARTS) is 1. The quantitative estimate of drug-likeness (QED) is 0.0344. The number of benzene rings is 4. The van der Waals surface area contributed by atoms with Gasteiger partial charge in [0.2, 0.25) is 94.5 Å². The number of likely N-dealkylation sites (N-methyl/N-ethyl adjacent to an activating group) is 4. The van der Waals surface area contributed by atoms with Gasteiger partial charge in [0.05, 0.1) is 59.5 Å². The molecule has 3 unspecified atom stereocenters. The summed E-state index contributed by atoms with van der Waals surface area (Å²) in [6, 6.07) is 6.27. The van der Waals surface area contributed by atoms with Gasteiger partial charge in [0, 0.05) is 95.9 Å². The summed E-state index contributed by atoms with van der Waals surface area (Å²) in [5.41, 5.74) is 20.7. The van der Waals surface area contributed by atoms with Crippen LogP contribution in [0.2, 0.25) is 0 Å². The first kappa shape index (κ1) is 114. The van der Waals surface area contributed by atoms with Crippen molar-refractivity contribution in [2.24, 2.45) is 35.0 Å². The van der Waals surface area contributed by atoms with Gasteiger partial charge in [-0.25, -0.2) is 9.78 Å². The van der Waals surface area contributed by atoms with Crippen molar-refractivity contribution in [3.8, 4) is 5.75 Å². The van der Waals surface area contributed by atoms with E-state index in [1.54, 1.807) is 101 Å². The molecule has 784 valence electrons. The lowest BCUT2D eigenvalue weighted by Gasteiger charge is -2.36. The zero-order chi connectivity index (χ0) is 106. The molecule has 6 aromatic rings. The Balaban J connectivity index is 1.09. The predicted octanol–water partition coefficient (Wildman–Crippen LogP) is 0.164. The lowest BCUT2D eigenvalue weighted by atomic mass is 9.92. The number of nitrogens with one attached hydrogen (secondary N) is 13. The number of amides is 16. The molecule has 3 aliphatic rings. The number of primary amides is 2. The second-order valence-electron chi connectivity index (χ2n) is 37.7. The number of aliphatic hydroxyl groups is 1. The number of aromatic hydroxyl groups is 1. The van der Waals surface area contributed by atoms with E-state index in [1.165, 1.54) is 76.7 Å². The number of carboxylic acids is 1. The average molecular weight is 2020 g/mol. The molecule has 0 spiro atoms. The molecule has 4 aromatic carbocycles. The minimum Gasteiger partial charge on any atom is -0.508 e. The second-order valence-corrected chi connectivity index (χ2v) is 38.8. The molecule has 144 heavy (non-hydrogen) atoms. The predicted molar refractivity (Wildman–Crippen MR) is 537 cm³/mol. The Morgan fingerprint density at radius 3 is 2.00 bits per heavy atom. The lowest BCUT2D eigenvalue weighted by Crippen LogP contribution is -2.61. The van der Waals surface area contributed by atoms with Gasteiger partial charge in [-0.15, -0.1) is 11.8 Å². The number of methoxy groups -OCH3 is 1. The fourth-order valence-corrected chi connectivity index (χ4v) is 18.9. The third kappa shape index (κ3) is 31.2. The van der Waals surface area contributed by atoms with Gasteiger partial charge < -0.3 is 131 Å². The van der Waals surface area contributed by atoms with Crippen LogP contribution in [0.4, 0.5) is 11.5 Å². The lowest BCUT2D eigenvalue weighted by molar-refractivity contribution is -0.145.